The number of amides is 2. The Hall–Kier alpha value is -2.10. The summed E-state index contributed by atoms with van der Waals surface area (Å²) in [6.45, 7) is 3.45. The molecule has 1 N–H and O–H groups in total. The van der Waals surface area contributed by atoms with Crippen LogP contribution in [-0.2, 0) is 26.2 Å². The Morgan fingerprint density at radius 1 is 1.14 bits per heavy atom. The average Bonchev–Trinajstić information content (AvgIpc) is 3.32. The van der Waals surface area contributed by atoms with Gasteiger partial charge in [-0.1, -0.05) is 59.4 Å². The molecule has 0 aromatic heterocycles. The number of nitrogens with one attached hydrogen (secondary N) is 1. The molecule has 1 fully saturated rings. The minimum absolute atomic E-state index is 0.109. The molecule has 1 aliphatic carbocycles. The lowest BCUT2D eigenvalue weighted by atomic mass is 10.1. The Bertz CT molecular complexity index is 1180. The zero-order chi connectivity index (χ0) is 26.5. The Morgan fingerprint density at radius 3 is 2.33 bits per heavy atom. The van der Waals surface area contributed by atoms with Crippen molar-refractivity contribution in [1.29, 1.82) is 0 Å². The van der Waals surface area contributed by atoms with Crippen molar-refractivity contribution in [3.05, 3.63) is 63.1 Å². The lowest BCUT2D eigenvalue weighted by Gasteiger charge is -2.33. The lowest BCUT2D eigenvalue weighted by molar-refractivity contribution is -0.140. The molecule has 1 atom stereocenters. The lowest BCUT2D eigenvalue weighted by Crippen LogP contribution is -2.53. The minimum atomic E-state index is -3.77. The van der Waals surface area contributed by atoms with E-state index in [1.807, 2.05) is 13.8 Å². The monoisotopic (exact) mass is 597 g/mol. The van der Waals surface area contributed by atoms with Crippen LogP contribution in [0.25, 0.3) is 0 Å². The van der Waals surface area contributed by atoms with Gasteiger partial charge in [0, 0.05) is 22.1 Å². The Kier molecular flexibility index (Phi) is 9.83. The second-order valence-corrected chi connectivity index (χ2v) is 12.5. The van der Waals surface area contributed by atoms with E-state index in [2.05, 4.69) is 21.2 Å². The predicted molar refractivity (Wildman–Crippen MR) is 148 cm³/mol. The fourth-order valence-electron chi connectivity index (χ4n) is 4.47. The van der Waals surface area contributed by atoms with E-state index >= 15 is 0 Å². The van der Waals surface area contributed by atoms with E-state index in [0.29, 0.717) is 17.1 Å². The average molecular weight is 599 g/mol. The molecule has 10 heteroatoms. The van der Waals surface area contributed by atoms with Crippen LogP contribution in [0.2, 0.25) is 5.02 Å². The third-order valence-electron chi connectivity index (χ3n) is 6.46. The van der Waals surface area contributed by atoms with Crippen LogP contribution < -0.4 is 9.62 Å². The van der Waals surface area contributed by atoms with Crippen LogP contribution in [0.1, 0.15) is 50.2 Å². The first-order chi connectivity index (χ1) is 17.0. The summed E-state index contributed by atoms with van der Waals surface area (Å²) >= 11 is 9.46. The number of nitrogens with zero attached hydrogens (tertiary/aromatic N) is 2. The van der Waals surface area contributed by atoms with Gasteiger partial charge in [0.25, 0.3) is 0 Å². The van der Waals surface area contributed by atoms with Gasteiger partial charge < -0.3 is 10.2 Å². The van der Waals surface area contributed by atoms with Gasteiger partial charge in [-0.05, 0) is 67.6 Å². The number of sulfonamides is 1. The van der Waals surface area contributed by atoms with Gasteiger partial charge in [-0.25, -0.2) is 8.42 Å². The summed E-state index contributed by atoms with van der Waals surface area (Å²) < 4.78 is 27.4. The van der Waals surface area contributed by atoms with Gasteiger partial charge in [0.05, 0.1) is 11.9 Å². The predicted octanol–water partition coefficient (Wildman–Crippen LogP) is 5.04. The van der Waals surface area contributed by atoms with E-state index in [4.69, 9.17) is 11.6 Å². The normalized spacial score (nSPS) is 14.9. The molecule has 0 radical (unpaired) electrons. The summed E-state index contributed by atoms with van der Waals surface area (Å²) in [5.41, 5.74) is 2.03. The zero-order valence-corrected chi connectivity index (χ0v) is 24.0. The number of rotatable bonds is 10. The Morgan fingerprint density at radius 2 is 1.78 bits per heavy atom. The number of hydrogen-bond acceptors (Lipinski definition) is 4. The van der Waals surface area contributed by atoms with Crippen molar-refractivity contribution >= 4 is 55.1 Å². The van der Waals surface area contributed by atoms with E-state index in [-0.39, 0.29) is 18.5 Å². The molecule has 1 aliphatic rings. The maximum Gasteiger partial charge on any atom is 0.244 e. The van der Waals surface area contributed by atoms with Crippen molar-refractivity contribution in [1.82, 2.24) is 10.2 Å². The van der Waals surface area contributed by atoms with Crippen LogP contribution in [-0.4, -0.2) is 50.0 Å². The highest BCUT2D eigenvalue weighted by Crippen LogP contribution is 2.26. The van der Waals surface area contributed by atoms with Gasteiger partial charge in [0.15, 0.2) is 0 Å². The minimum Gasteiger partial charge on any atom is -0.352 e. The second kappa shape index (κ2) is 12.4. The van der Waals surface area contributed by atoms with Crippen molar-refractivity contribution in [3.63, 3.8) is 0 Å². The molecular formula is C26H33BrClN3O4S. The largest absolute Gasteiger partial charge is 0.352 e. The summed E-state index contributed by atoms with van der Waals surface area (Å²) in [7, 11) is -3.77. The molecule has 2 aromatic rings. The standard InChI is InChI=1S/C26H33BrClN3O4S/c1-4-24(26(33)29-21-7-5-6-8-21)30(16-19-9-11-20(28)12-10-19)25(32)17-31(36(3,34)35)22-13-14-23(27)18(2)15-22/h9-15,21,24H,4-8,16-17H2,1-3H3,(H,29,33)/t24-/m0/s1. The van der Waals surface area contributed by atoms with E-state index < -0.39 is 28.5 Å². The van der Waals surface area contributed by atoms with E-state index in [9.17, 15) is 18.0 Å². The molecular weight excluding hydrogens is 566 g/mol. The highest BCUT2D eigenvalue weighted by atomic mass is 79.9. The maximum absolute atomic E-state index is 13.7. The second-order valence-electron chi connectivity index (χ2n) is 9.27. The number of hydrogen-bond donors (Lipinski definition) is 1. The third-order valence-corrected chi connectivity index (χ3v) is 8.74. The smallest absolute Gasteiger partial charge is 0.244 e. The molecule has 0 unspecified atom stereocenters. The van der Waals surface area contributed by atoms with Gasteiger partial charge >= 0.3 is 0 Å². The van der Waals surface area contributed by atoms with Gasteiger partial charge in [-0.3, -0.25) is 13.9 Å². The van der Waals surface area contributed by atoms with Gasteiger partial charge in [-0.2, -0.15) is 0 Å². The molecule has 0 aliphatic heterocycles. The topological polar surface area (TPSA) is 86.8 Å². The molecule has 1 saturated carbocycles. The molecule has 36 heavy (non-hydrogen) atoms. The summed E-state index contributed by atoms with van der Waals surface area (Å²) in [6.07, 6.45) is 5.48. The fraction of sp³-hybridized carbons (Fsp3) is 0.462. The first kappa shape index (κ1) is 28.5. The number of benzene rings is 2. The SMILES string of the molecule is CC[C@@H](C(=O)NC1CCCC1)N(Cc1ccc(Cl)cc1)C(=O)CN(c1ccc(Br)c(C)c1)S(C)(=O)=O. The van der Waals surface area contributed by atoms with Crippen LogP contribution in [0, 0.1) is 6.92 Å². The molecule has 3 rings (SSSR count). The molecule has 0 spiro atoms. The zero-order valence-electron chi connectivity index (χ0n) is 20.8. The maximum atomic E-state index is 13.7. The third kappa shape index (κ3) is 7.46. The number of halogens is 2. The van der Waals surface area contributed by atoms with Crippen LogP contribution >= 0.6 is 27.5 Å². The van der Waals surface area contributed by atoms with Crippen molar-refractivity contribution < 1.29 is 18.0 Å². The number of carbonyl (C=O) groups excluding carboxylic acids is 2. The summed E-state index contributed by atoms with van der Waals surface area (Å²) in [5, 5.41) is 3.66. The van der Waals surface area contributed by atoms with Crippen molar-refractivity contribution in [2.24, 2.45) is 0 Å². The van der Waals surface area contributed by atoms with Crippen molar-refractivity contribution in [2.45, 2.75) is 64.6 Å². The fourth-order valence-corrected chi connectivity index (χ4v) is 5.69. The first-order valence-corrected chi connectivity index (χ1v) is 15.1. The van der Waals surface area contributed by atoms with Crippen LogP contribution in [0.4, 0.5) is 5.69 Å². The molecule has 196 valence electrons. The summed E-state index contributed by atoms with van der Waals surface area (Å²) in [4.78, 5) is 28.5. The number of carbonyl (C=O) groups is 2. The quantitative estimate of drug-likeness (QED) is 0.415. The van der Waals surface area contributed by atoms with Gasteiger partial charge in [0.1, 0.15) is 12.6 Å². The van der Waals surface area contributed by atoms with Gasteiger partial charge in [0.2, 0.25) is 21.8 Å². The van der Waals surface area contributed by atoms with Crippen molar-refractivity contribution in [3.8, 4) is 0 Å². The van der Waals surface area contributed by atoms with E-state index in [1.54, 1.807) is 42.5 Å². The van der Waals surface area contributed by atoms with E-state index in [1.165, 1.54) is 4.90 Å². The van der Waals surface area contributed by atoms with Crippen LogP contribution in [0.15, 0.2) is 46.9 Å². The van der Waals surface area contributed by atoms with Crippen LogP contribution in [0.5, 0.6) is 0 Å². The van der Waals surface area contributed by atoms with E-state index in [0.717, 1.165) is 51.8 Å². The number of aryl methyl sites for hydroxylation is 1. The van der Waals surface area contributed by atoms with Crippen molar-refractivity contribution in [2.75, 3.05) is 17.1 Å². The number of anilines is 1. The molecule has 7 nitrogen and oxygen atoms in total. The molecule has 2 aromatic carbocycles. The molecule has 0 bridgehead atoms. The molecule has 0 saturated heterocycles. The summed E-state index contributed by atoms with van der Waals surface area (Å²) in [6, 6.07) is 11.6. The Balaban J connectivity index is 1.92. The molecule has 2 amide bonds. The Labute approximate surface area is 227 Å². The molecule has 0 heterocycles. The first-order valence-electron chi connectivity index (χ1n) is 12.1. The summed E-state index contributed by atoms with van der Waals surface area (Å²) in [5.74, 6) is -0.665. The highest BCUT2D eigenvalue weighted by molar-refractivity contribution is 9.10. The van der Waals surface area contributed by atoms with Gasteiger partial charge in [-0.15, -0.1) is 0 Å². The van der Waals surface area contributed by atoms with Crippen LogP contribution in [0.3, 0.4) is 0 Å². The highest BCUT2D eigenvalue weighted by Gasteiger charge is 2.33.